The van der Waals surface area contributed by atoms with E-state index in [0.717, 1.165) is 34.0 Å². The molecule has 0 saturated carbocycles. The largest absolute Gasteiger partial charge is 0.448 e. The molecule has 1 aromatic carbocycles. The summed E-state index contributed by atoms with van der Waals surface area (Å²) in [6.07, 6.45) is 3.49. The van der Waals surface area contributed by atoms with Gasteiger partial charge in [-0.2, -0.15) is 9.78 Å². The Kier molecular flexibility index (Phi) is 6.50. The Morgan fingerprint density at radius 2 is 1.96 bits per heavy atom. The lowest BCUT2D eigenvalue weighted by Crippen LogP contribution is -2.00. The topological polar surface area (TPSA) is 56.2 Å². The van der Waals surface area contributed by atoms with Crippen LogP contribution in [0, 0.1) is 0 Å². The maximum atomic E-state index is 5.46. The Bertz CT molecular complexity index is 858. The van der Waals surface area contributed by atoms with Gasteiger partial charge in [0.1, 0.15) is 5.76 Å². The van der Waals surface area contributed by atoms with Gasteiger partial charge in [0.25, 0.3) is 0 Å². The lowest BCUT2D eigenvalue weighted by atomic mass is 10.2. The van der Waals surface area contributed by atoms with Crippen molar-refractivity contribution >= 4 is 49.8 Å². The molecule has 0 unspecified atom stereocenters. The number of aryl methyl sites for hydroxylation is 1. The Morgan fingerprint density at radius 3 is 2.64 bits per heavy atom. The number of hydrogen-bond acceptors (Lipinski definition) is 5. The van der Waals surface area contributed by atoms with Crippen molar-refractivity contribution in [2.45, 2.75) is 30.7 Å². The van der Waals surface area contributed by atoms with Gasteiger partial charge in [-0.15, -0.1) is 10.2 Å². The maximum Gasteiger partial charge on any atom is 0.212 e. The zero-order chi connectivity index (χ0) is 17.6. The summed E-state index contributed by atoms with van der Waals surface area (Å²) >= 11 is 8.36. The summed E-state index contributed by atoms with van der Waals surface area (Å²) in [5.74, 6) is 2.33. The molecular weight excluding hydrogens is 468 g/mol. The van der Waals surface area contributed by atoms with Crippen LogP contribution in [0.3, 0.4) is 0 Å². The zero-order valence-electron chi connectivity index (χ0n) is 13.5. The third kappa shape index (κ3) is 5.05. The van der Waals surface area contributed by atoms with Crippen LogP contribution in [0.5, 0.6) is 0 Å². The summed E-state index contributed by atoms with van der Waals surface area (Å²) in [5, 5.41) is 13.9. The number of aromatic nitrogens is 3. The highest BCUT2D eigenvalue weighted by Crippen LogP contribution is 2.23. The number of benzene rings is 1. The van der Waals surface area contributed by atoms with Crippen LogP contribution in [0.15, 0.2) is 60.2 Å². The van der Waals surface area contributed by atoms with Gasteiger partial charge in [-0.25, -0.2) is 0 Å². The first-order valence-electron chi connectivity index (χ1n) is 7.77. The van der Waals surface area contributed by atoms with E-state index in [2.05, 4.69) is 66.2 Å². The van der Waals surface area contributed by atoms with Gasteiger partial charge in [0.2, 0.25) is 5.16 Å². The normalized spacial score (nSPS) is 11.5. The van der Waals surface area contributed by atoms with Crippen LogP contribution in [0.2, 0.25) is 0 Å². The predicted octanol–water partition coefficient (Wildman–Crippen LogP) is 5.52. The number of thioether (sulfide) groups is 1. The number of hydrogen-bond donors (Lipinski definition) is 0. The minimum Gasteiger partial charge on any atom is -0.448 e. The molecule has 3 aromatic rings. The fourth-order valence-electron chi connectivity index (χ4n) is 2.12. The van der Waals surface area contributed by atoms with Crippen molar-refractivity contribution in [2.24, 2.45) is 5.10 Å². The standard InChI is InChI=1S/C17H16Br2N4OS/c1-2-3-16-21-22-17(25-11-12-4-6-13(18)7-5-12)23(16)20-10-14-8-9-15(19)24-14/h4-10H,2-3,11H2,1H3/b20-10-. The van der Waals surface area contributed by atoms with Gasteiger partial charge in [0.15, 0.2) is 10.5 Å². The molecule has 0 fully saturated rings. The van der Waals surface area contributed by atoms with Crippen LogP contribution in [-0.4, -0.2) is 21.1 Å². The SMILES string of the molecule is CCCc1nnc(SCc2ccc(Br)cc2)n1/N=C\c1ccc(Br)o1. The molecule has 25 heavy (non-hydrogen) atoms. The van der Waals surface area contributed by atoms with E-state index in [1.807, 2.05) is 24.3 Å². The van der Waals surface area contributed by atoms with Gasteiger partial charge < -0.3 is 4.42 Å². The van der Waals surface area contributed by atoms with E-state index in [-0.39, 0.29) is 0 Å². The quantitative estimate of drug-likeness (QED) is 0.327. The third-order valence-corrected chi connectivity index (χ3v) is 5.27. The van der Waals surface area contributed by atoms with Crippen molar-refractivity contribution in [3.05, 3.63) is 62.7 Å². The molecule has 0 aliphatic carbocycles. The average molecular weight is 484 g/mol. The fourth-order valence-corrected chi connectivity index (χ4v) is 3.57. The molecule has 130 valence electrons. The van der Waals surface area contributed by atoms with Gasteiger partial charge in [0.05, 0.1) is 6.21 Å². The lowest BCUT2D eigenvalue weighted by Gasteiger charge is -2.04. The van der Waals surface area contributed by atoms with E-state index in [1.54, 1.807) is 22.7 Å². The van der Waals surface area contributed by atoms with Crippen molar-refractivity contribution in [1.29, 1.82) is 0 Å². The Balaban J connectivity index is 1.78. The summed E-state index contributed by atoms with van der Waals surface area (Å²) in [5.41, 5.74) is 1.22. The van der Waals surface area contributed by atoms with Crippen LogP contribution in [-0.2, 0) is 12.2 Å². The van der Waals surface area contributed by atoms with Gasteiger partial charge in [0, 0.05) is 16.6 Å². The smallest absolute Gasteiger partial charge is 0.212 e. The van der Waals surface area contributed by atoms with Crippen LogP contribution < -0.4 is 0 Å². The van der Waals surface area contributed by atoms with Crippen LogP contribution in [0.4, 0.5) is 0 Å². The Morgan fingerprint density at radius 1 is 1.16 bits per heavy atom. The molecule has 5 nitrogen and oxygen atoms in total. The molecule has 0 aliphatic rings. The van der Waals surface area contributed by atoms with E-state index in [1.165, 1.54) is 5.56 Å². The van der Waals surface area contributed by atoms with E-state index >= 15 is 0 Å². The number of rotatable bonds is 7. The molecule has 0 spiro atoms. The van der Waals surface area contributed by atoms with Crippen LogP contribution in [0.1, 0.15) is 30.5 Å². The lowest BCUT2D eigenvalue weighted by molar-refractivity contribution is 0.533. The van der Waals surface area contributed by atoms with Crippen LogP contribution in [0.25, 0.3) is 0 Å². The summed E-state index contributed by atoms with van der Waals surface area (Å²) in [6, 6.07) is 11.9. The summed E-state index contributed by atoms with van der Waals surface area (Å²) in [7, 11) is 0. The Hall–Kier alpha value is -1.38. The summed E-state index contributed by atoms with van der Waals surface area (Å²) in [4.78, 5) is 0. The van der Waals surface area contributed by atoms with Crippen LogP contribution >= 0.6 is 43.6 Å². The first-order valence-corrected chi connectivity index (χ1v) is 10.3. The monoisotopic (exact) mass is 482 g/mol. The molecule has 0 aliphatic heterocycles. The van der Waals surface area contributed by atoms with Crippen molar-refractivity contribution in [2.75, 3.05) is 0 Å². The van der Waals surface area contributed by atoms with E-state index in [4.69, 9.17) is 4.42 Å². The first kappa shape index (κ1) is 18.4. The molecule has 0 amide bonds. The van der Waals surface area contributed by atoms with Crippen molar-refractivity contribution in [3.63, 3.8) is 0 Å². The zero-order valence-corrected chi connectivity index (χ0v) is 17.5. The molecular formula is C17H16Br2N4OS. The molecule has 2 heterocycles. The highest BCUT2D eigenvalue weighted by atomic mass is 79.9. The number of furan rings is 1. The van der Waals surface area contributed by atoms with E-state index in [0.29, 0.717) is 10.4 Å². The second-order valence-corrected chi connectivity index (χ2v) is 7.90. The van der Waals surface area contributed by atoms with Gasteiger partial charge in [-0.1, -0.05) is 46.7 Å². The predicted molar refractivity (Wildman–Crippen MR) is 107 cm³/mol. The molecule has 2 aromatic heterocycles. The first-order chi connectivity index (χ1) is 12.2. The molecule has 0 bridgehead atoms. The summed E-state index contributed by atoms with van der Waals surface area (Å²) in [6.45, 7) is 2.11. The minimum atomic E-state index is 0.673. The van der Waals surface area contributed by atoms with Crippen molar-refractivity contribution in [1.82, 2.24) is 14.9 Å². The average Bonchev–Trinajstić information content (AvgIpc) is 3.19. The molecule has 8 heteroatoms. The van der Waals surface area contributed by atoms with Gasteiger partial charge in [-0.05, 0) is 52.2 Å². The van der Waals surface area contributed by atoms with E-state index in [9.17, 15) is 0 Å². The second-order valence-electron chi connectivity index (χ2n) is 5.26. The highest BCUT2D eigenvalue weighted by molar-refractivity contribution is 9.10. The van der Waals surface area contributed by atoms with Gasteiger partial charge >= 0.3 is 0 Å². The fraction of sp³-hybridized carbons (Fsp3) is 0.235. The Labute approximate surface area is 167 Å². The third-order valence-electron chi connectivity index (χ3n) is 3.33. The van der Waals surface area contributed by atoms with E-state index < -0.39 is 0 Å². The van der Waals surface area contributed by atoms with Crippen molar-refractivity contribution < 1.29 is 4.42 Å². The second kappa shape index (κ2) is 8.82. The molecule has 0 saturated heterocycles. The number of halogens is 2. The maximum absolute atomic E-state index is 5.46. The minimum absolute atomic E-state index is 0.673. The molecule has 3 rings (SSSR count). The number of nitrogens with zero attached hydrogens (tertiary/aromatic N) is 4. The molecule has 0 atom stereocenters. The van der Waals surface area contributed by atoms with Crippen molar-refractivity contribution in [3.8, 4) is 0 Å². The molecule has 0 radical (unpaired) electrons. The highest BCUT2D eigenvalue weighted by Gasteiger charge is 2.12. The molecule has 0 N–H and O–H groups in total. The van der Waals surface area contributed by atoms with Gasteiger partial charge in [-0.3, -0.25) is 0 Å². The summed E-state index contributed by atoms with van der Waals surface area (Å²) < 4.78 is 9.01.